The summed E-state index contributed by atoms with van der Waals surface area (Å²) in [6.07, 6.45) is 3.51. The minimum Gasteiger partial charge on any atom is -0.388 e. The summed E-state index contributed by atoms with van der Waals surface area (Å²) >= 11 is 0. The fourth-order valence-electron chi connectivity index (χ4n) is 3.07. The number of aliphatic hydroxyl groups excluding tert-OH is 1. The highest BCUT2D eigenvalue weighted by molar-refractivity contribution is 5.21. The first-order chi connectivity index (χ1) is 10.1. The van der Waals surface area contributed by atoms with Gasteiger partial charge in [0.1, 0.15) is 6.10 Å². The SMILES string of the molecule is COC1C(C)COC(CCCCc2ccc(C)cc2)C1O. The van der Waals surface area contributed by atoms with Gasteiger partial charge in [0.25, 0.3) is 0 Å². The second-order valence-electron chi connectivity index (χ2n) is 6.27. The largest absolute Gasteiger partial charge is 0.388 e. The number of benzene rings is 1. The van der Waals surface area contributed by atoms with Crippen molar-refractivity contribution in [2.75, 3.05) is 13.7 Å². The van der Waals surface area contributed by atoms with Gasteiger partial charge >= 0.3 is 0 Å². The molecule has 3 nitrogen and oxygen atoms in total. The van der Waals surface area contributed by atoms with Crippen molar-refractivity contribution in [2.45, 2.75) is 57.8 Å². The second-order valence-corrected chi connectivity index (χ2v) is 6.27. The lowest BCUT2D eigenvalue weighted by atomic mass is 9.91. The molecule has 0 bridgehead atoms. The fraction of sp³-hybridized carbons (Fsp3) is 0.667. The molecule has 1 aliphatic heterocycles. The number of hydrogen-bond donors (Lipinski definition) is 1. The predicted molar refractivity (Wildman–Crippen MR) is 84.4 cm³/mol. The zero-order valence-corrected chi connectivity index (χ0v) is 13.4. The van der Waals surface area contributed by atoms with Gasteiger partial charge in [0.15, 0.2) is 0 Å². The van der Waals surface area contributed by atoms with E-state index in [0.29, 0.717) is 6.61 Å². The number of aryl methyl sites for hydroxylation is 2. The highest BCUT2D eigenvalue weighted by atomic mass is 16.5. The van der Waals surface area contributed by atoms with Crippen LogP contribution in [0.15, 0.2) is 24.3 Å². The lowest BCUT2D eigenvalue weighted by molar-refractivity contribution is -0.172. The Morgan fingerprint density at radius 3 is 2.62 bits per heavy atom. The van der Waals surface area contributed by atoms with E-state index in [4.69, 9.17) is 9.47 Å². The van der Waals surface area contributed by atoms with Gasteiger partial charge in [-0.1, -0.05) is 43.2 Å². The van der Waals surface area contributed by atoms with E-state index in [-0.39, 0.29) is 18.1 Å². The number of unbranched alkanes of at least 4 members (excludes halogenated alkanes) is 1. The van der Waals surface area contributed by atoms with Gasteiger partial charge in [0.2, 0.25) is 0 Å². The van der Waals surface area contributed by atoms with Crippen LogP contribution in [0.2, 0.25) is 0 Å². The van der Waals surface area contributed by atoms with Gasteiger partial charge in [0, 0.05) is 13.0 Å². The van der Waals surface area contributed by atoms with Crippen LogP contribution in [0.5, 0.6) is 0 Å². The van der Waals surface area contributed by atoms with Crippen molar-refractivity contribution in [1.82, 2.24) is 0 Å². The Hall–Kier alpha value is -0.900. The Labute approximate surface area is 128 Å². The number of hydrogen-bond acceptors (Lipinski definition) is 3. The van der Waals surface area contributed by atoms with E-state index in [1.54, 1.807) is 7.11 Å². The molecule has 118 valence electrons. The molecule has 1 heterocycles. The summed E-state index contributed by atoms with van der Waals surface area (Å²) in [5, 5.41) is 10.3. The molecule has 0 amide bonds. The molecule has 4 unspecified atom stereocenters. The van der Waals surface area contributed by atoms with Crippen molar-refractivity contribution in [3.63, 3.8) is 0 Å². The van der Waals surface area contributed by atoms with Crippen molar-refractivity contribution < 1.29 is 14.6 Å². The van der Waals surface area contributed by atoms with Crippen LogP contribution in [-0.4, -0.2) is 37.1 Å². The highest BCUT2D eigenvalue weighted by Gasteiger charge is 2.36. The first kappa shape index (κ1) is 16.5. The average molecular weight is 292 g/mol. The molecule has 3 heteroatoms. The van der Waals surface area contributed by atoms with Crippen LogP contribution in [0.4, 0.5) is 0 Å². The zero-order chi connectivity index (χ0) is 15.2. The van der Waals surface area contributed by atoms with Gasteiger partial charge in [-0.15, -0.1) is 0 Å². The maximum absolute atomic E-state index is 10.3. The van der Waals surface area contributed by atoms with E-state index in [1.165, 1.54) is 11.1 Å². The number of methoxy groups -OCH3 is 1. The van der Waals surface area contributed by atoms with Crippen LogP contribution in [0.3, 0.4) is 0 Å². The highest BCUT2D eigenvalue weighted by Crippen LogP contribution is 2.25. The Morgan fingerprint density at radius 1 is 1.24 bits per heavy atom. The third kappa shape index (κ3) is 4.53. The van der Waals surface area contributed by atoms with Crippen LogP contribution in [0, 0.1) is 12.8 Å². The quantitative estimate of drug-likeness (QED) is 0.819. The molecule has 1 N–H and O–H groups in total. The van der Waals surface area contributed by atoms with E-state index < -0.39 is 6.10 Å². The molecule has 1 aromatic rings. The monoisotopic (exact) mass is 292 g/mol. The van der Waals surface area contributed by atoms with Gasteiger partial charge in [-0.05, 0) is 31.7 Å². The molecule has 21 heavy (non-hydrogen) atoms. The smallest absolute Gasteiger partial charge is 0.107 e. The topological polar surface area (TPSA) is 38.7 Å². The average Bonchev–Trinajstić information content (AvgIpc) is 2.48. The van der Waals surface area contributed by atoms with E-state index in [0.717, 1.165) is 25.7 Å². The van der Waals surface area contributed by atoms with Gasteiger partial charge in [-0.25, -0.2) is 0 Å². The molecule has 0 spiro atoms. The second kappa shape index (κ2) is 7.92. The van der Waals surface area contributed by atoms with Gasteiger partial charge < -0.3 is 14.6 Å². The van der Waals surface area contributed by atoms with Crippen LogP contribution in [0.1, 0.15) is 37.3 Å². The summed E-state index contributed by atoms with van der Waals surface area (Å²) in [5.74, 6) is 0.258. The fourth-order valence-corrected chi connectivity index (χ4v) is 3.07. The minimum absolute atomic E-state index is 0.0795. The molecule has 0 aromatic heterocycles. The van der Waals surface area contributed by atoms with Crippen molar-refractivity contribution in [2.24, 2.45) is 5.92 Å². The molecule has 1 saturated heterocycles. The van der Waals surface area contributed by atoms with E-state index in [9.17, 15) is 5.11 Å². The molecule has 1 fully saturated rings. The Bertz CT molecular complexity index is 415. The van der Waals surface area contributed by atoms with E-state index in [2.05, 4.69) is 38.1 Å². The molecule has 1 aliphatic rings. The van der Waals surface area contributed by atoms with Crippen molar-refractivity contribution in [1.29, 1.82) is 0 Å². The van der Waals surface area contributed by atoms with Crippen LogP contribution in [0.25, 0.3) is 0 Å². The number of aliphatic hydroxyl groups is 1. The molecule has 1 aromatic carbocycles. The Morgan fingerprint density at radius 2 is 1.95 bits per heavy atom. The Balaban J connectivity index is 1.72. The van der Waals surface area contributed by atoms with Crippen molar-refractivity contribution >= 4 is 0 Å². The van der Waals surface area contributed by atoms with Crippen molar-refractivity contribution in [3.8, 4) is 0 Å². The molecule has 0 aliphatic carbocycles. The molecular weight excluding hydrogens is 264 g/mol. The summed E-state index contributed by atoms with van der Waals surface area (Å²) in [5.41, 5.74) is 2.69. The molecular formula is C18H28O3. The lowest BCUT2D eigenvalue weighted by Crippen LogP contribution is -2.50. The van der Waals surface area contributed by atoms with Crippen LogP contribution < -0.4 is 0 Å². The van der Waals surface area contributed by atoms with E-state index >= 15 is 0 Å². The van der Waals surface area contributed by atoms with Gasteiger partial charge in [0.05, 0.1) is 18.8 Å². The molecule has 4 atom stereocenters. The summed E-state index contributed by atoms with van der Waals surface area (Å²) < 4.78 is 11.2. The molecule has 0 saturated carbocycles. The summed E-state index contributed by atoms with van der Waals surface area (Å²) in [7, 11) is 1.67. The normalized spacial score (nSPS) is 29.5. The Kier molecular flexibility index (Phi) is 6.22. The third-order valence-corrected chi connectivity index (χ3v) is 4.45. The van der Waals surface area contributed by atoms with Crippen molar-refractivity contribution in [3.05, 3.63) is 35.4 Å². The third-order valence-electron chi connectivity index (χ3n) is 4.45. The summed E-state index contributed by atoms with van der Waals surface area (Å²) in [4.78, 5) is 0. The van der Waals surface area contributed by atoms with Crippen LogP contribution >= 0.6 is 0 Å². The minimum atomic E-state index is -0.502. The van der Waals surface area contributed by atoms with E-state index in [1.807, 2.05) is 0 Å². The number of ether oxygens (including phenoxy) is 2. The molecule has 2 rings (SSSR count). The lowest BCUT2D eigenvalue weighted by Gasteiger charge is -2.38. The van der Waals surface area contributed by atoms with Crippen LogP contribution in [-0.2, 0) is 15.9 Å². The zero-order valence-electron chi connectivity index (χ0n) is 13.4. The number of rotatable bonds is 6. The predicted octanol–water partition coefficient (Wildman–Crippen LogP) is 3.12. The maximum Gasteiger partial charge on any atom is 0.107 e. The first-order valence-electron chi connectivity index (χ1n) is 8.00. The maximum atomic E-state index is 10.3. The molecule has 0 radical (unpaired) electrons. The van der Waals surface area contributed by atoms with Gasteiger partial charge in [-0.3, -0.25) is 0 Å². The summed E-state index contributed by atoms with van der Waals surface area (Å²) in [6.45, 7) is 4.85. The standard InChI is InChI=1S/C18H28O3/c1-13-8-10-15(11-9-13)6-4-5-7-16-17(19)18(20-3)14(2)12-21-16/h8-11,14,16-19H,4-7,12H2,1-3H3. The van der Waals surface area contributed by atoms with Gasteiger partial charge in [-0.2, -0.15) is 0 Å². The summed E-state index contributed by atoms with van der Waals surface area (Å²) in [6, 6.07) is 8.72. The first-order valence-corrected chi connectivity index (χ1v) is 8.00.